The van der Waals surface area contributed by atoms with Gasteiger partial charge < -0.3 is 10.1 Å². The molecule has 0 unspecified atom stereocenters. The SMILES string of the molecule is Cc1nnc2sc(CNC(=O)CCOc3ccccc3)nn12. The fourth-order valence-corrected chi connectivity index (χ4v) is 2.69. The molecule has 2 heterocycles. The molecule has 0 radical (unpaired) electrons. The van der Waals surface area contributed by atoms with Crippen molar-refractivity contribution in [3.8, 4) is 5.75 Å². The summed E-state index contributed by atoms with van der Waals surface area (Å²) in [5, 5.41) is 15.9. The highest BCUT2D eigenvalue weighted by Crippen LogP contribution is 2.13. The van der Waals surface area contributed by atoms with E-state index in [2.05, 4.69) is 20.6 Å². The summed E-state index contributed by atoms with van der Waals surface area (Å²) in [5.74, 6) is 1.43. The second-order valence-electron chi connectivity index (χ2n) is 4.63. The number of nitrogens with zero attached hydrogens (tertiary/aromatic N) is 4. The van der Waals surface area contributed by atoms with Gasteiger partial charge in [-0.2, -0.15) is 9.61 Å². The van der Waals surface area contributed by atoms with E-state index in [1.54, 1.807) is 4.52 Å². The molecule has 0 fully saturated rings. The number of carbonyl (C=O) groups excluding carboxylic acids is 1. The van der Waals surface area contributed by atoms with Crippen LogP contribution in [0.25, 0.3) is 4.96 Å². The topological polar surface area (TPSA) is 81.4 Å². The molecule has 8 heteroatoms. The summed E-state index contributed by atoms with van der Waals surface area (Å²) in [4.78, 5) is 12.5. The average Bonchev–Trinajstić information content (AvgIpc) is 3.08. The standard InChI is InChI=1S/C14H15N5O2S/c1-10-16-17-14-19(10)18-13(22-14)9-15-12(20)7-8-21-11-5-3-2-4-6-11/h2-6H,7-9H2,1H3,(H,15,20). The quantitative estimate of drug-likeness (QED) is 0.746. The molecule has 1 N–H and O–H groups in total. The van der Waals surface area contributed by atoms with Crippen LogP contribution in [0.5, 0.6) is 5.75 Å². The largest absolute Gasteiger partial charge is 0.493 e. The normalized spacial score (nSPS) is 10.8. The van der Waals surface area contributed by atoms with Gasteiger partial charge in [0.05, 0.1) is 19.6 Å². The number of aromatic nitrogens is 4. The second kappa shape index (κ2) is 6.52. The Morgan fingerprint density at radius 2 is 2.14 bits per heavy atom. The number of para-hydroxylation sites is 1. The fraction of sp³-hybridized carbons (Fsp3) is 0.286. The Labute approximate surface area is 130 Å². The lowest BCUT2D eigenvalue weighted by Gasteiger charge is -2.06. The third-order valence-electron chi connectivity index (χ3n) is 2.97. The summed E-state index contributed by atoms with van der Waals surface area (Å²) >= 11 is 1.41. The van der Waals surface area contributed by atoms with Crippen LogP contribution in [0, 0.1) is 6.92 Å². The Hall–Kier alpha value is -2.48. The lowest BCUT2D eigenvalue weighted by Crippen LogP contribution is -2.24. The van der Waals surface area contributed by atoms with Gasteiger partial charge in [0.1, 0.15) is 10.8 Å². The minimum Gasteiger partial charge on any atom is -0.493 e. The molecule has 2 aromatic heterocycles. The highest BCUT2D eigenvalue weighted by molar-refractivity contribution is 7.16. The Balaban J connectivity index is 1.44. The maximum atomic E-state index is 11.8. The number of hydrogen-bond acceptors (Lipinski definition) is 6. The maximum Gasteiger partial charge on any atom is 0.234 e. The van der Waals surface area contributed by atoms with Gasteiger partial charge in [0.2, 0.25) is 10.9 Å². The van der Waals surface area contributed by atoms with E-state index in [9.17, 15) is 4.79 Å². The van der Waals surface area contributed by atoms with Gasteiger partial charge >= 0.3 is 0 Å². The molecule has 22 heavy (non-hydrogen) atoms. The van der Waals surface area contributed by atoms with Crippen LogP contribution in [-0.2, 0) is 11.3 Å². The van der Waals surface area contributed by atoms with Crippen molar-refractivity contribution in [3.63, 3.8) is 0 Å². The van der Waals surface area contributed by atoms with Gasteiger partial charge in [0.15, 0.2) is 5.82 Å². The first-order valence-corrected chi connectivity index (χ1v) is 7.66. The molecule has 0 aliphatic rings. The van der Waals surface area contributed by atoms with Crippen molar-refractivity contribution < 1.29 is 9.53 Å². The summed E-state index contributed by atoms with van der Waals surface area (Å²) < 4.78 is 7.16. The van der Waals surface area contributed by atoms with Crippen LogP contribution in [0.2, 0.25) is 0 Å². The molecule has 0 saturated heterocycles. The van der Waals surface area contributed by atoms with E-state index >= 15 is 0 Å². The maximum absolute atomic E-state index is 11.8. The molecular formula is C14H15N5O2S. The van der Waals surface area contributed by atoms with E-state index in [0.717, 1.165) is 21.5 Å². The van der Waals surface area contributed by atoms with E-state index in [4.69, 9.17) is 4.74 Å². The van der Waals surface area contributed by atoms with E-state index < -0.39 is 0 Å². The van der Waals surface area contributed by atoms with Gasteiger partial charge in [-0.05, 0) is 19.1 Å². The molecule has 0 saturated carbocycles. The summed E-state index contributed by atoms with van der Waals surface area (Å²) in [6, 6.07) is 9.43. The zero-order valence-electron chi connectivity index (χ0n) is 12.0. The number of nitrogens with one attached hydrogen (secondary N) is 1. The number of fused-ring (bicyclic) bond motifs is 1. The number of amides is 1. The van der Waals surface area contributed by atoms with Crippen LogP contribution in [0.1, 0.15) is 17.3 Å². The minimum atomic E-state index is -0.0707. The summed E-state index contributed by atoms with van der Waals surface area (Å²) in [6.45, 7) is 2.57. The summed E-state index contributed by atoms with van der Waals surface area (Å²) in [5.41, 5.74) is 0. The Kier molecular flexibility index (Phi) is 4.29. The van der Waals surface area contributed by atoms with Crippen molar-refractivity contribution in [3.05, 3.63) is 41.2 Å². The van der Waals surface area contributed by atoms with Crippen LogP contribution < -0.4 is 10.1 Å². The van der Waals surface area contributed by atoms with Crippen molar-refractivity contribution in [1.29, 1.82) is 0 Å². The number of benzene rings is 1. The molecule has 0 bridgehead atoms. The fourth-order valence-electron chi connectivity index (χ4n) is 1.87. The molecule has 7 nitrogen and oxygen atoms in total. The molecule has 3 rings (SSSR count). The summed E-state index contributed by atoms with van der Waals surface area (Å²) in [7, 11) is 0. The molecule has 1 aromatic carbocycles. The first-order chi connectivity index (χ1) is 10.7. The predicted octanol–water partition coefficient (Wildman–Crippen LogP) is 1.58. The molecule has 3 aromatic rings. The lowest BCUT2D eigenvalue weighted by molar-refractivity contribution is -0.121. The van der Waals surface area contributed by atoms with E-state index in [1.807, 2.05) is 37.3 Å². The number of ether oxygens (including phenoxy) is 1. The number of carbonyl (C=O) groups is 1. The first kappa shape index (κ1) is 14.5. The van der Waals surface area contributed by atoms with Crippen LogP contribution in [0.4, 0.5) is 0 Å². The first-order valence-electron chi connectivity index (χ1n) is 6.84. The van der Waals surface area contributed by atoms with E-state index in [-0.39, 0.29) is 5.91 Å². The van der Waals surface area contributed by atoms with Crippen molar-refractivity contribution in [2.24, 2.45) is 0 Å². The molecule has 0 spiro atoms. The average molecular weight is 317 g/mol. The highest BCUT2D eigenvalue weighted by Gasteiger charge is 2.09. The summed E-state index contributed by atoms with van der Waals surface area (Å²) in [6.07, 6.45) is 0.304. The van der Waals surface area contributed by atoms with Crippen LogP contribution >= 0.6 is 11.3 Å². The van der Waals surface area contributed by atoms with Gasteiger partial charge in [0.25, 0.3) is 0 Å². The van der Waals surface area contributed by atoms with E-state index in [0.29, 0.717) is 19.6 Å². The van der Waals surface area contributed by atoms with E-state index in [1.165, 1.54) is 11.3 Å². The third kappa shape index (κ3) is 3.40. The monoisotopic (exact) mass is 317 g/mol. The molecule has 0 aliphatic carbocycles. The van der Waals surface area contributed by atoms with Gasteiger partial charge in [-0.1, -0.05) is 29.5 Å². The van der Waals surface area contributed by atoms with Gasteiger partial charge in [0, 0.05) is 0 Å². The number of aryl methyl sites for hydroxylation is 1. The smallest absolute Gasteiger partial charge is 0.234 e. The van der Waals surface area contributed by atoms with Crippen LogP contribution in [-0.4, -0.2) is 32.3 Å². The number of hydrogen-bond donors (Lipinski definition) is 1. The Morgan fingerprint density at radius 1 is 1.32 bits per heavy atom. The van der Waals surface area contributed by atoms with Gasteiger partial charge in [-0.3, -0.25) is 4.79 Å². The molecular weight excluding hydrogens is 302 g/mol. The lowest BCUT2D eigenvalue weighted by atomic mass is 10.3. The van der Waals surface area contributed by atoms with Crippen LogP contribution in [0.15, 0.2) is 30.3 Å². The van der Waals surface area contributed by atoms with Gasteiger partial charge in [-0.15, -0.1) is 10.2 Å². The van der Waals surface area contributed by atoms with Crippen LogP contribution in [0.3, 0.4) is 0 Å². The van der Waals surface area contributed by atoms with Gasteiger partial charge in [-0.25, -0.2) is 0 Å². The molecule has 0 aliphatic heterocycles. The predicted molar refractivity (Wildman–Crippen MR) is 81.8 cm³/mol. The Bertz CT molecular complexity index is 768. The zero-order chi connectivity index (χ0) is 15.4. The van der Waals surface area contributed by atoms with Crippen molar-refractivity contribution in [2.75, 3.05) is 6.61 Å². The third-order valence-corrected chi connectivity index (χ3v) is 3.87. The van der Waals surface area contributed by atoms with Crippen molar-refractivity contribution in [2.45, 2.75) is 19.9 Å². The molecule has 0 atom stereocenters. The highest BCUT2D eigenvalue weighted by atomic mass is 32.1. The zero-order valence-corrected chi connectivity index (χ0v) is 12.8. The molecule has 114 valence electrons. The molecule has 1 amide bonds. The minimum absolute atomic E-state index is 0.0707. The Morgan fingerprint density at radius 3 is 2.91 bits per heavy atom. The number of rotatable bonds is 6. The van der Waals surface area contributed by atoms with Crippen molar-refractivity contribution in [1.82, 2.24) is 25.1 Å². The van der Waals surface area contributed by atoms with Crippen molar-refractivity contribution >= 4 is 22.2 Å². The second-order valence-corrected chi connectivity index (χ2v) is 5.67.